The highest BCUT2D eigenvalue weighted by Gasteiger charge is 2.42. The Morgan fingerprint density at radius 1 is 1.32 bits per heavy atom. The van der Waals surface area contributed by atoms with Crippen LogP contribution < -0.4 is 4.74 Å². The second-order valence-corrected chi connectivity index (χ2v) is 7.31. The lowest BCUT2D eigenvalue weighted by atomic mass is 9.88. The van der Waals surface area contributed by atoms with Crippen molar-refractivity contribution < 1.29 is 9.53 Å². The third kappa shape index (κ3) is 2.09. The first kappa shape index (κ1) is 12.8. The maximum atomic E-state index is 10.8. The summed E-state index contributed by atoms with van der Waals surface area (Å²) in [7, 11) is 0. The van der Waals surface area contributed by atoms with Crippen LogP contribution >= 0.6 is 11.8 Å². The van der Waals surface area contributed by atoms with E-state index in [1.807, 2.05) is 12.1 Å². The molecule has 1 heterocycles. The molecule has 0 spiro atoms. The molecule has 19 heavy (non-hydrogen) atoms. The fraction of sp³-hybridized carbons (Fsp3) is 0.533. The number of carbonyl (C=O) groups excluding carboxylic acids is 1. The Bertz CT molecular complexity index is 555. The van der Waals surface area contributed by atoms with Gasteiger partial charge < -0.3 is 4.74 Å². The second-order valence-electron chi connectivity index (χ2n) is 5.68. The number of rotatable bonds is 2. The summed E-state index contributed by atoms with van der Waals surface area (Å²) in [4.78, 5) is 15.9. The highest BCUT2D eigenvalue weighted by Crippen LogP contribution is 2.54. The molecular formula is C15H17NO2S. The number of nitrogens with zero attached hydrogens (tertiary/aromatic N) is 1. The molecule has 1 aromatic carbocycles. The number of para-hydroxylation sites is 1. The maximum absolute atomic E-state index is 10.8. The smallest absolute Gasteiger partial charge is 0.235 e. The van der Waals surface area contributed by atoms with Gasteiger partial charge in [0.25, 0.3) is 0 Å². The van der Waals surface area contributed by atoms with Crippen LogP contribution in [0.5, 0.6) is 5.75 Å². The van der Waals surface area contributed by atoms with E-state index in [0.717, 1.165) is 41.9 Å². The lowest BCUT2D eigenvalue weighted by molar-refractivity contribution is 0.208. The van der Waals surface area contributed by atoms with Gasteiger partial charge in [-0.2, -0.15) is 4.99 Å². The van der Waals surface area contributed by atoms with E-state index in [9.17, 15) is 4.79 Å². The van der Waals surface area contributed by atoms with Crippen molar-refractivity contribution in [2.24, 2.45) is 4.99 Å². The van der Waals surface area contributed by atoms with Gasteiger partial charge in [-0.05, 0) is 32.8 Å². The number of hydrogen-bond donors (Lipinski definition) is 0. The van der Waals surface area contributed by atoms with Crippen LogP contribution in [0.2, 0.25) is 0 Å². The molecule has 1 fully saturated rings. The zero-order chi connectivity index (χ0) is 13.5. The molecule has 0 bridgehead atoms. The summed E-state index contributed by atoms with van der Waals surface area (Å²) in [6.07, 6.45) is 5.80. The van der Waals surface area contributed by atoms with E-state index in [2.05, 4.69) is 24.9 Å². The lowest BCUT2D eigenvalue weighted by Crippen LogP contribution is -2.23. The molecule has 0 saturated heterocycles. The molecular weight excluding hydrogens is 258 g/mol. The first-order chi connectivity index (χ1) is 9.06. The molecule has 3 nitrogen and oxygen atoms in total. The van der Waals surface area contributed by atoms with E-state index >= 15 is 0 Å². The monoisotopic (exact) mass is 275 g/mol. The highest BCUT2D eigenvalue weighted by molar-refractivity contribution is 8.00. The first-order valence-electron chi connectivity index (χ1n) is 6.67. The van der Waals surface area contributed by atoms with Crippen LogP contribution in [-0.2, 0) is 10.3 Å². The molecule has 0 atom stereocenters. The summed E-state index contributed by atoms with van der Waals surface area (Å²) in [5, 5.41) is 0. The van der Waals surface area contributed by atoms with Crippen molar-refractivity contribution in [1.29, 1.82) is 0 Å². The Kier molecular flexibility index (Phi) is 2.95. The summed E-state index contributed by atoms with van der Waals surface area (Å²) in [5.74, 6) is 0.915. The van der Waals surface area contributed by atoms with Gasteiger partial charge in [-0.15, -0.1) is 0 Å². The van der Waals surface area contributed by atoms with Gasteiger partial charge in [0.2, 0.25) is 6.08 Å². The Morgan fingerprint density at radius 3 is 2.74 bits per heavy atom. The number of aliphatic imine (C=N–C) groups is 1. The van der Waals surface area contributed by atoms with E-state index in [-0.39, 0.29) is 4.93 Å². The summed E-state index contributed by atoms with van der Waals surface area (Å²) in [6.45, 7) is 4.12. The Labute approximate surface area is 117 Å². The van der Waals surface area contributed by atoms with E-state index in [4.69, 9.17) is 4.74 Å². The van der Waals surface area contributed by atoms with Gasteiger partial charge in [0, 0.05) is 5.56 Å². The van der Waals surface area contributed by atoms with Crippen molar-refractivity contribution in [1.82, 2.24) is 0 Å². The van der Waals surface area contributed by atoms with Crippen LogP contribution in [0.1, 0.15) is 45.1 Å². The predicted octanol–water partition coefficient (Wildman–Crippen LogP) is 4.01. The Hall–Kier alpha value is -1.25. The molecule has 0 unspecified atom stereocenters. The molecule has 1 aliphatic heterocycles. The van der Waals surface area contributed by atoms with E-state index in [1.165, 1.54) is 0 Å². The molecule has 100 valence electrons. The van der Waals surface area contributed by atoms with Gasteiger partial charge in [0.05, 0.1) is 4.90 Å². The summed E-state index contributed by atoms with van der Waals surface area (Å²) in [5.41, 5.74) is 0.651. The number of isocyanates is 1. The van der Waals surface area contributed by atoms with Crippen LogP contribution in [0.15, 0.2) is 28.1 Å². The lowest BCUT2D eigenvalue weighted by Gasteiger charge is -2.25. The molecule has 3 rings (SSSR count). The maximum Gasteiger partial charge on any atom is 0.235 e. The number of ether oxygens (including phenoxy) is 1. The fourth-order valence-corrected chi connectivity index (χ4v) is 4.13. The Balaban J connectivity index is 2.12. The average Bonchev–Trinajstić information content (AvgIpc) is 2.92. The normalized spacial score (nSPS) is 22.4. The largest absolute Gasteiger partial charge is 0.475 e. The van der Waals surface area contributed by atoms with E-state index < -0.39 is 5.54 Å². The minimum Gasteiger partial charge on any atom is -0.475 e. The van der Waals surface area contributed by atoms with E-state index in [1.54, 1.807) is 17.8 Å². The van der Waals surface area contributed by atoms with Gasteiger partial charge >= 0.3 is 0 Å². The van der Waals surface area contributed by atoms with Crippen molar-refractivity contribution in [3.63, 3.8) is 0 Å². The third-order valence-electron chi connectivity index (χ3n) is 3.87. The standard InChI is InChI=1S/C15H17NO2S/c1-14(2)18-13-11(6-5-7-12(13)19-14)15(16-10-17)8-3-4-9-15/h5-7H,3-4,8-9H2,1-2H3. The van der Waals surface area contributed by atoms with Crippen LogP contribution in [0.3, 0.4) is 0 Å². The van der Waals surface area contributed by atoms with Crippen molar-refractivity contribution in [2.75, 3.05) is 0 Å². The predicted molar refractivity (Wildman–Crippen MR) is 75.3 cm³/mol. The number of benzene rings is 1. The molecule has 2 aliphatic rings. The summed E-state index contributed by atoms with van der Waals surface area (Å²) in [6, 6.07) is 6.16. The molecule has 0 amide bonds. The SMILES string of the molecule is CC1(C)Oc2c(cccc2C2(N=C=O)CCCC2)S1. The van der Waals surface area contributed by atoms with Gasteiger partial charge in [0.15, 0.2) is 4.93 Å². The van der Waals surface area contributed by atoms with Crippen molar-refractivity contribution in [3.05, 3.63) is 23.8 Å². The Morgan fingerprint density at radius 2 is 2.05 bits per heavy atom. The van der Waals surface area contributed by atoms with Gasteiger partial charge in [-0.3, -0.25) is 0 Å². The minimum absolute atomic E-state index is 0.247. The van der Waals surface area contributed by atoms with Crippen molar-refractivity contribution in [2.45, 2.75) is 54.9 Å². The quantitative estimate of drug-likeness (QED) is 0.604. The topological polar surface area (TPSA) is 38.7 Å². The van der Waals surface area contributed by atoms with Crippen LogP contribution in [0.4, 0.5) is 0 Å². The summed E-state index contributed by atoms with van der Waals surface area (Å²) >= 11 is 1.72. The zero-order valence-electron chi connectivity index (χ0n) is 11.2. The van der Waals surface area contributed by atoms with E-state index in [0.29, 0.717) is 0 Å². The highest BCUT2D eigenvalue weighted by atomic mass is 32.2. The molecule has 4 heteroatoms. The molecule has 1 aromatic rings. The number of fused-ring (bicyclic) bond motifs is 1. The zero-order valence-corrected chi connectivity index (χ0v) is 12.0. The van der Waals surface area contributed by atoms with Crippen molar-refractivity contribution in [3.8, 4) is 5.75 Å². The second kappa shape index (κ2) is 4.39. The molecule has 0 N–H and O–H groups in total. The minimum atomic E-state index is -0.409. The summed E-state index contributed by atoms with van der Waals surface area (Å²) < 4.78 is 6.08. The van der Waals surface area contributed by atoms with Gasteiger partial charge in [-0.1, -0.05) is 36.7 Å². The molecule has 1 aliphatic carbocycles. The first-order valence-corrected chi connectivity index (χ1v) is 7.49. The van der Waals surface area contributed by atoms with Gasteiger partial charge in [-0.25, -0.2) is 4.79 Å². The number of hydrogen-bond acceptors (Lipinski definition) is 4. The molecule has 0 aromatic heterocycles. The average molecular weight is 275 g/mol. The van der Waals surface area contributed by atoms with Crippen LogP contribution in [0, 0.1) is 0 Å². The molecule has 0 radical (unpaired) electrons. The van der Waals surface area contributed by atoms with Crippen LogP contribution in [0.25, 0.3) is 0 Å². The third-order valence-corrected chi connectivity index (χ3v) is 4.99. The fourth-order valence-electron chi connectivity index (χ4n) is 3.09. The van der Waals surface area contributed by atoms with Crippen molar-refractivity contribution >= 4 is 17.8 Å². The molecule has 1 saturated carbocycles. The number of thioether (sulfide) groups is 1. The van der Waals surface area contributed by atoms with Gasteiger partial charge in [0.1, 0.15) is 11.3 Å². The van der Waals surface area contributed by atoms with Crippen LogP contribution in [-0.4, -0.2) is 11.0 Å².